The lowest BCUT2D eigenvalue weighted by molar-refractivity contribution is 0.386. The number of hydrogen-bond acceptors (Lipinski definition) is 2. The highest BCUT2D eigenvalue weighted by molar-refractivity contribution is 7.99. The van der Waals surface area contributed by atoms with Gasteiger partial charge in [-0.3, -0.25) is 0 Å². The van der Waals surface area contributed by atoms with Crippen LogP contribution in [0.3, 0.4) is 0 Å². The largest absolute Gasteiger partial charge is 0.325 e. The lowest BCUT2D eigenvalue weighted by Crippen LogP contribution is -2.38. The van der Waals surface area contributed by atoms with Gasteiger partial charge in [-0.1, -0.05) is 32.0 Å². The molecule has 0 amide bonds. The fraction of sp³-hybridized carbons (Fsp3) is 0.538. The summed E-state index contributed by atoms with van der Waals surface area (Å²) in [6, 6.07) is 10.5. The molecule has 0 atom stereocenters. The van der Waals surface area contributed by atoms with Gasteiger partial charge in [0.25, 0.3) is 0 Å². The van der Waals surface area contributed by atoms with E-state index in [-0.39, 0.29) is 5.54 Å². The highest BCUT2D eigenvalue weighted by Gasteiger charge is 2.19. The standard InChI is InChI=1S/C13H21NS/c1-3-13(14,4-2)10-11-15-12-8-6-5-7-9-12/h5-9H,3-4,10-11,14H2,1-2H3. The molecule has 0 aliphatic rings. The molecular formula is C13H21NS. The van der Waals surface area contributed by atoms with Gasteiger partial charge in [0.05, 0.1) is 0 Å². The molecule has 0 bridgehead atoms. The van der Waals surface area contributed by atoms with Gasteiger partial charge < -0.3 is 5.73 Å². The van der Waals surface area contributed by atoms with E-state index in [2.05, 4.69) is 44.2 Å². The van der Waals surface area contributed by atoms with Crippen LogP contribution in [0.4, 0.5) is 0 Å². The Labute approximate surface area is 97.4 Å². The number of thioether (sulfide) groups is 1. The highest BCUT2D eigenvalue weighted by Crippen LogP contribution is 2.23. The molecule has 1 nitrogen and oxygen atoms in total. The minimum atomic E-state index is 0.0434. The molecule has 0 spiro atoms. The van der Waals surface area contributed by atoms with Gasteiger partial charge in [-0.2, -0.15) is 0 Å². The molecule has 84 valence electrons. The van der Waals surface area contributed by atoms with Crippen LogP contribution < -0.4 is 5.73 Å². The van der Waals surface area contributed by atoms with Crippen molar-refractivity contribution in [3.63, 3.8) is 0 Å². The van der Waals surface area contributed by atoms with Crippen LogP contribution in [-0.4, -0.2) is 11.3 Å². The van der Waals surface area contributed by atoms with Crippen molar-refractivity contribution >= 4 is 11.8 Å². The average molecular weight is 223 g/mol. The smallest absolute Gasteiger partial charge is 0.0157 e. The molecule has 2 N–H and O–H groups in total. The molecule has 0 unspecified atom stereocenters. The normalized spacial score (nSPS) is 11.7. The second-order valence-electron chi connectivity index (χ2n) is 3.98. The molecule has 0 fully saturated rings. The van der Waals surface area contributed by atoms with Crippen LogP contribution >= 0.6 is 11.8 Å². The highest BCUT2D eigenvalue weighted by atomic mass is 32.2. The molecule has 1 aromatic rings. The van der Waals surface area contributed by atoms with Crippen LogP contribution in [0, 0.1) is 0 Å². The van der Waals surface area contributed by atoms with Crippen LogP contribution in [0.1, 0.15) is 33.1 Å². The Kier molecular flexibility index (Phi) is 5.20. The molecule has 15 heavy (non-hydrogen) atoms. The maximum Gasteiger partial charge on any atom is 0.0157 e. The fourth-order valence-corrected chi connectivity index (χ4v) is 2.59. The minimum Gasteiger partial charge on any atom is -0.325 e. The second kappa shape index (κ2) is 6.19. The predicted molar refractivity (Wildman–Crippen MR) is 69.3 cm³/mol. The molecule has 0 heterocycles. The van der Waals surface area contributed by atoms with Crippen LogP contribution in [0.5, 0.6) is 0 Å². The van der Waals surface area contributed by atoms with Crippen molar-refractivity contribution < 1.29 is 0 Å². The molecule has 1 rings (SSSR count). The molecule has 0 aliphatic carbocycles. The summed E-state index contributed by atoms with van der Waals surface area (Å²) in [5.74, 6) is 1.11. The Morgan fingerprint density at radius 3 is 2.27 bits per heavy atom. The number of hydrogen-bond donors (Lipinski definition) is 1. The summed E-state index contributed by atoms with van der Waals surface area (Å²) in [6.07, 6.45) is 3.23. The summed E-state index contributed by atoms with van der Waals surface area (Å²) in [4.78, 5) is 1.34. The van der Waals surface area contributed by atoms with Gasteiger partial charge in [0, 0.05) is 10.4 Å². The summed E-state index contributed by atoms with van der Waals surface area (Å²) in [5, 5.41) is 0. The molecule has 0 saturated heterocycles. The van der Waals surface area contributed by atoms with E-state index in [0.29, 0.717) is 0 Å². The van der Waals surface area contributed by atoms with Crippen LogP contribution in [0.15, 0.2) is 35.2 Å². The number of nitrogens with two attached hydrogens (primary N) is 1. The lowest BCUT2D eigenvalue weighted by atomic mass is 9.91. The lowest BCUT2D eigenvalue weighted by Gasteiger charge is -2.26. The maximum absolute atomic E-state index is 6.25. The molecule has 1 aromatic carbocycles. The van der Waals surface area contributed by atoms with Gasteiger partial charge in [-0.05, 0) is 37.1 Å². The minimum absolute atomic E-state index is 0.0434. The van der Waals surface area contributed by atoms with E-state index in [9.17, 15) is 0 Å². The quantitative estimate of drug-likeness (QED) is 0.744. The Bertz CT molecular complexity index is 267. The average Bonchev–Trinajstić information content (AvgIpc) is 2.30. The van der Waals surface area contributed by atoms with E-state index in [1.807, 2.05) is 11.8 Å². The van der Waals surface area contributed by atoms with Gasteiger partial charge in [0.1, 0.15) is 0 Å². The van der Waals surface area contributed by atoms with Gasteiger partial charge in [0.2, 0.25) is 0 Å². The first-order valence-electron chi connectivity index (χ1n) is 5.67. The first-order chi connectivity index (χ1) is 7.20. The van der Waals surface area contributed by atoms with E-state index in [1.165, 1.54) is 4.90 Å². The monoisotopic (exact) mass is 223 g/mol. The summed E-state index contributed by atoms with van der Waals surface area (Å²) in [6.45, 7) is 4.35. The molecular weight excluding hydrogens is 202 g/mol. The summed E-state index contributed by atoms with van der Waals surface area (Å²) >= 11 is 1.90. The molecule has 0 aromatic heterocycles. The van der Waals surface area contributed by atoms with E-state index in [1.54, 1.807) is 0 Å². The Hall–Kier alpha value is -0.470. The van der Waals surface area contributed by atoms with Crippen LogP contribution in [0.25, 0.3) is 0 Å². The SMILES string of the molecule is CCC(N)(CC)CCSc1ccccc1. The fourth-order valence-electron chi connectivity index (χ4n) is 1.49. The van der Waals surface area contributed by atoms with Crippen molar-refractivity contribution in [3.05, 3.63) is 30.3 Å². The predicted octanol–water partition coefficient (Wildman–Crippen LogP) is 3.69. The Balaban J connectivity index is 2.33. The van der Waals surface area contributed by atoms with Crippen molar-refractivity contribution in [3.8, 4) is 0 Å². The third kappa shape index (κ3) is 4.27. The van der Waals surface area contributed by atoms with Gasteiger partial charge in [0.15, 0.2) is 0 Å². The number of rotatable bonds is 6. The molecule has 0 radical (unpaired) electrons. The van der Waals surface area contributed by atoms with Crippen LogP contribution in [0.2, 0.25) is 0 Å². The zero-order valence-corrected chi connectivity index (χ0v) is 10.5. The number of benzene rings is 1. The zero-order valence-electron chi connectivity index (χ0n) is 9.70. The summed E-state index contributed by atoms with van der Waals surface area (Å²) in [7, 11) is 0. The van der Waals surface area contributed by atoms with Crippen molar-refractivity contribution in [1.82, 2.24) is 0 Å². The third-order valence-electron chi connectivity index (χ3n) is 3.02. The Morgan fingerprint density at radius 2 is 1.73 bits per heavy atom. The second-order valence-corrected chi connectivity index (χ2v) is 5.15. The first-order valence-corrected chi connectivity index (χ1v) is 6.65. The summed E-state index contributed by atoms with van der Waals surface area (Å²) in [5.41, 5.74) is 6.29. The van der Waals surface area contributed by atoms with Crippen molar-refractivity contribution in [2.75, 3.05) is 5.75 Å². The molecule has 0 saturated carbocycles. The van der Waals surface area contributed by atoms with Crippen molar-refractivity contribution in [2.45, 2.75) is 43.5 Å². The zero-order chi connectivity index (χ0) is 11.1. The Morgan fingerprint density at radius 1 is 1.13 bits per heavy atom. The van der Waals surface area contributed by atoms with Gasteiger partial charge in [-0.15, -0.1) is 11.8 Å². The summed E-state index contributed by atoms with van der Waals surface area (Å²) < 4.78 is 0. The first kappa shape index (κ1) is 12.6. The van der Waals surface area contributed by atoms with E-state index in [0.717, 1.165) is 25.0 Å². The van der Waals surface area contributed by atoms with Crippen molar-refractivity contribution in [2.24, 2.45) is 5.73 Å². The van der Waals surface area contributed by atoms with E-state index in [4.69, 9.17) is 5.73 Å². The van der Waals surface area contributed by atoms with Crippen LogP contribution in [-0.2, 0) is 0 Å². The maximum atomic E-state index is 6.25. The topological polar surface area (TPSA) is 26.0 Å². The van der Waals surface area contributed by atoms with Gasteiger partial charge >= 0.3 is 0 Å². The molecule has 0 aliphatic heterocycles. The third-order valence-corrected chi connectivity index (χ3v) is 4.03. The van der Waals surface area contributed by atoms with E-state index >= 15 is 0 Å². The van der Waals surface area contributed by atoms with E-state index < -0.39 is 0 Å². The van der Waals surface area contributed by atoms with Crippen molar-refractivity contribution in [1.29, 1.82) is 0 Å². The molecule has 2 heteroatoms. The van der Waals surface area contributed by atoms with Gasteiger partial charge in [-0.25, -0.2) is 0 Å².